The fourth-order valence-corrected chi connectivity index (χ4v) is 3.23. The van der Waals surface area contributed by atoms with Gasteiger partial charge in [0.15, 0.2) is 16.6 Å². The predicted octanol–water partition coefficient (Wildman–Crippen LogP) is 4.39. The second kappa shape index (κ2) is 6.74. The van der Waals surface area contributed by atoms with E-state index in [0.717, 1.165) is 26.8 Å². The van der Waals surface area contributed by atoms with Gasteiger partial charge in [0.25, 0.3) is 5.91 Å². The van der Waals surface area contributed by atoms with E-state index in [1.165, 1.54) is 5.38 Å². The maximum Gasteiger partial charge on any atom is 0.357 e. The number of hydrogen-bond acceptors (Lipinski definition) is 6. The maximum atomic E-state index is 12.4. The monoisotopic (exact) mass is 408 g/mol. The van der Waals surface area contributed by atoms with E-state index < -0.39 is 11.9 Å². The number of carbonyl (C=O) groups excluding carboxylic acids is 2. The summed E-state index contributed by atoms with van der Waals surface area (Å²) >= 11 is 4.55. The molecule has 0 aliphatic heterocycles. The number of nitrogens with zero attached hydrogens (tertiary/aromatic N) is 1. The lowest BCUT2D eigenvalue weighted by Gasteiger charge is -1.99. The number of esters is 1. The molecule has 0 unspecified atom stereocenters. The molecule has 1 amide bonds. The molecule has 0 radical (unpaired) electrons. The highest BCUT2D eigenvalue weighted by atomic mass is 79.9. The Bertz CT molecular complexity index is 931. The number of fused-ring (bicyclic) bond motifs is 1. The summed E-state index contributed by atoms with van der Waals surface area (Å²) in [6.45, 7) is 3.81. The minimum Gasteiger partial charge on any atom is -0.461 e. The van der Waals surface area contributed by atoms with Crippen LogP contribution in [0.1, 0.15) is 33.5 Å². The Morgan fingerprint density at radius 1 is 1.42 bits per heavy atom. The fraction of sp³-hybridized carbons (Fsp3) is 0.188. The van der Waals surface area contributed by atoms with E-state index in [2.05, 4.69) is 26.2 Å². The van der Waals surface area contributed by atoms with Crippen LogP contribution < -0.4 is 5.32 Å². The lowest BCUT2D eigenvalue weighted by Crippen LogP contribution is -2.12. The van der Waals surface area contributed by atoms with Gasteiger partial charge in [-0.05, 0) is 32.0 Å². The zero-order valence-corrected chi connectivity index (χ0v) is 15.3. The Balaban J connectivity index is 1.83. The fourth-order valence-electron chi connectivity index (χ4n) is 2.19. The average molecular weight is 409 g/mol. The largest absolute Gasteiger partial charge is 0.461 e. The molecule has 0 saturated heterocycles. The molecule has 1 N–H and O–H groups in total. The number of halogens is 1. The van der Waals surface area contributed by atoms with Crippen LogP contribution in [0.25, 0.3) is 11.0 Å². The van der Waals surface area contributed by atoms with E-state index >= 15 is 0 Å². The highest BCUT2D eigenvalue weighted by Crippen LogP contribution is 2.29. The number of rotatable bonds is 4. The van der Waals surface area contributed by atoms with Gasteiger partial charge in [0.2, 0.25) is 0 Å². The van der Waals surface area contributed by atoms with Crippen molar-refractivity contribution >= 4 is 55.2 Å². The van der Waals surface area contributed by atoms with Crippen molar-refractivity contribution in [2.45, 2.75) is 13.8 Å². The number of carbonyl (C=O) groups is 2. The molecule has 3 rings (SSSR count). The molecule has 0 spiro atoms. The van der Waals surface area contributed by atoms with Gasteiger partial charge in [-0.15, -0.1) is 11.3 Å². The molecule has 124 valence electrons. The Morgan fingerprint density at radius 3 is 2.96 bits per heavy atom. The van der Waals surface area contributed by atoms with Gasteiger partial charge < -0.3 is 9.15 Å². The molecular formula is C16H13BrN2O4S. The number of ether oxygens (including phenoxy) is 1. The summed E-state index contributed by atoms with van der Waals surface area (Å²) in [7, 11) is 0. The van der Waals surface area contributed by atoms with Crippen LogP contribution in [0.15, 0.2) is 32.5 Å². The van der Waals surface area contributed by atoms with Gasteiger partial charge in [-0.3, -0.25) is 10.1 Å². The first kappa shape index (κ1) is 16.7. The number of aromatic nitrogens is 1. The number of benzene rings is 1. The minimum absolute atomic E-state index is 0.169. The van der Waals surface area contributed by atoms with Crippen molar-refractivity contribution in [3.63, 3.8) is 0 Å². The van der Waals surface area contributed by atoms with Crippen LogP contribution in [0.4, 0.5) is 5.13 Å². The molecule has 1 aromatic carbocycles. The average Bonchev–Trinajstić information content (AvgIpc) is 3.13. The minimum atomic E-state index is -0.515. The third-order valence-electron chi connectivity index (χ3n) is 3.31. The van der Waals surface area contributed by atoms with Crippen LogP contribution in [0.5, 0.6) is 0 Å². The third-order valence-corrected chi connectivity index (χ3v) is 4.56. The number of furan rings is 1. The lowest BCUT2D eigenvalue weighted by molar-refractivity contribution is 0.0520. The molecule has 2 aromatic heterocycles. The highest BCUT2D eigenvalue weighted by molar-refractivity contribution is 9.10. The number of anilines is 1. The summed E-state index contributed by atoms with van der Waals surface area (Å²) in [5.41, 5.74) is 1.54. The van der Waals surface area contributed by atoms with Crippen molar-refractivity contribution in [2.75, 3.05) is 11.9 Å². The molecule has 0 saturated carbocycles. The Kier molecular flexibility index (Phi) is 4.68. The molecule has 0 bridgehead atoms. The molecular weight excluding hydrogens is 396 g/mol. The normalized spacial score (nSPS) is 10.8. The third kappa shape index (κ3) is 3.20. The van der Waals surface area contributed by atoms with Crippen molar-refractivity contribution < 1.29 is 18.7 Å². The predicted molar refractivity (Wildman–Crippen MR) is 94.7 cm³/mol. The number of nitrogens with one attached hydrogen (secondary N) is 1. The zero-order chi connectivity index (χ0) is 17.3. The summed E-state index contributed by atoms with van der Waals surface area (Å²) in [6, 6.07) is 5.54. The van der Waals surface area contributed by atoms with Gasteiger partial charge in [0, 0.05) is 20.8 Å². The molecule has 6 nitrogen and oxygen atoms in total. The van der Waals surface area contributed by atoms with Crippen LogP contribution in [0, 0.1) is 6.92 Å². The van der Waals surface area contributed by atoms with Gasteiger partial charge >= 0.3 is 5.97 Å². The van der Waals surface area contributed by atoms with Crippen LogP contribution in [0.3, 0.4) is 0 Å². The van der Waals surface area contributed by atoms with E-state index in [-0.39, 0.29) is 18.1 Å². The summed E-state index contributed by atoms with van der Waals surface area (Å²) in [6.07, 6.45) is 0. The molecule has 0 aliphatic rings. The summed E-state index contributed by atoms with van der Waals surface area (Å²) < 4.78 is 11.4. The van der Waals surface area contributed by atoms with Gasteiger partial charge in [-0.1, -0.05) is 15.9 Å². The molecule has 3 aromatic rings. The summed E-state index contributed by atoms with van der Waals surface area (Å²) in [5.74, 6) is -0.709. The second-order valence-electron chi connectivity index (χ2n) is 4.91. The van der Waals surface area contributed by atoms with E-state index in [1.54, 1.807) is 13.0 Å². The Morgan fingerprint density at radius 2 is 2.21 bits per heavy atom. The van der Waals surface area contributed by atoms with Crippen LogP contribution in [0.2, 0.25) is 0 Å². The van der Waals surface area contributed by atoms with Gasteiger partial charge in [0.05, 0.1) is 6.61 Å². The SMILES string of the molecule is CCOC(=O)c1csc(NC(=O)c2oc3ccc(Br)cc3c2C)n1. The van der Waals surface area contributed by atoms with Crippen LogP contribution in [-0.2, 0) is 4.74 Å². The number of amides is 1. The first-order valence-corrected chi connectivity index (χ1v) is 8.79. The van der Waals surface area contributed by atoms with Crippen molar-refractivity contribution in [2.24, 2.45) is 0 Å². The van der Waals surface area contributed by atoms with Crippen LogP contribution in [-0.4, -0.2) is 23.5 Å². The number of thiazole rings is 1. The first-order valence-electron chi connectivity index (χ1n) is 7.12. The standard InChI is InChI=1S/C16H13BrN2O4S/c1-3-22-15(21)11-7-24-16(18-11)19-14(20)13-8(2)10-6-9(17)4-5-12(10)23-13/h4-7H,3H2,1-2H3,(H,18,19,20). The topological polar surface area (TPSA) is 81.4 Å². The van der Waals surface area contributed by atoms with Crippen LogP contribution >= 0.6 is 27.3 Å². The van der Waals surface area contributed by atoms with Crippen molar-refractivity contribution in [1.29, 1.82) is 0 Å². The first-order chi connectivity index (χ1) is 11.5. The van der Waals surface area contributed by atoms with Crippen molar-refractivity contribution in [3.8, 4) is 0 Å². The molecule has 0 aliphatic carbocycles. The summed E-state index contributed by atoms with van der Waals surface area (Å²) in [5, 5.41) is 5.36. The van der Waals surface area contributed by atoms with E-state index in [4.69, 9.17) is 9.15 Å². The zero-order valence-electron chi connectivity index (χ0n) is 12.9. The number of aryl methyl sites for hydroxylation is 1. The van der Waals surface area contributed by atoms with Gasteiger partial charge in [-0.25, -0.2) is 9.78 Å². The quantitative estimate of drug-likeness (QED) is 0.647. The van der Waals surface area contributed by atoms with Crippen molar-refractivity contribution in [3.05, 3.63) is 45.1 Å². The molecule has 0 atom stereocenters. The van der Waals surface area contributed by atoms with E-state index in [9.17, 15) is 9.59 Å². The molecule has 8 heteroatoms. The van der Waals surface area contributed by atoms with E-state index in [0.29, 0.717) is 10.7 Å². The smallest absolute Gasteiger partial charge is 0.357 e. The molecule has 24 heavy (non-hydrogen) atoms. The Labute approximate surface area is 150 Å². The second-order valence-corrected chi connectivity index (χ2v) is 6.68. The maximum absolute atomic E-state index is 12.4. The van der Waals surface area contributed by atoms with Crippen molar-refractivity contribution in [1.82, 2.24) is 4.98 Å². The molecule has 0 fully saturated rings. The van der Waals surface area contributed by atoms with Gasteiger partial charge in [-0.2, -0.15) is 0 Å². The lowest BCUT2D eigenvalue weighted by atomic mass is 10.1. The van der Waals surface area contributed by atoms with Gasteiger partial charge in [0.1, 0.15) is 5.58 Å². The summed E-state index contributed by atoms with van der Waals surface area (Å²) in [4.78, 5) is 28.1. The Hall–Kier alpha value is -2.19. The molecule has 2 heterocycles. The number of hydrogen-bond donors (Lipinski definition) is 1. The highest BCUT2D eigenvalue weighted by Gasteiger charge is 2.20. The van der Waals surface area contributed by atoms with E-state index in [1.807, 2.05) is 19.1 Å².